The molecule has 15 heavy (non-hydrogen) atoms. The molecule has 0 aromatic rings. The Morgan fingerprint density at radius 2 is 2.00 bits per heavy atom. The van der Waals surface area contributed by atoms with Crippen molar-refractivity contribution in [1.82, 2.24) is 0 Å². The summed E-state index contributed by atoms with van der Waals surface area (Å²) in [6.45, 7) is 5.86. The van der Waals surface area contributed by atoms with Gasteiger partial charge in [-0.3, -0.25) is 0 Å². The lowest BCUT2D eigenvalue weighted by Gasteiger charge is -1.95. The van der Waals surface area contributed by atoms with Gasteiger partial charge in [-0.2, -0.15) is 0 Å². The van der Waals surface area contributed by atoms with Crippen molar-refractivity contribution in [2.75, 3.05) is 6.61 Å². The van der Waals surface area contributed by atoms with Gasteiger partial charge in [0.05, 0.1) is 0 Å². The molecule has 0 heterocycles. The smallest absolute Gasteiger partial charge is 0.330 e. The summed E-state index contributed by atoms with van der Waals surface area (Å²) in [7, 11) is 0. The molecule has 0 fully saturated rings. The van der Waals surface area contributed by atoms with Gasteiger partial charge in [0.2, 0.25) is 0 Å². The fourth-order valence-corrected chi connectivity index (χ4v) is 1.01. The third-order valence-corrected chi connectivity index (χ3v) is 1.74. The van der Waals surface area contributed by atoms with Crippen LogP contribution in [0.15, 0.2) is 37.0 Å². The maximum atomic E-state index is 11.0. The summed E-state index contributed by atoms with van der Waals surface area (Å²) < 4.78 is 4.78. The number of unbranched alkanes of at least 4 members (excludes halogenated alkanes) is 2. The van der Waals surface area contributed by atoms with E-state index in [1.807, 2.05) is 6.08 Å². The van der Waals surface area contributed by atoms with Crippen molar-refractivity contribution < 1.29 is 9.53 Å². The summed E-state index contributed by atoms with van der Waals surface area (Å²) in [5.41, 5.74) is 0. The first-order valence-electron chi connectivity index (χ1n) is 5.40. The molecule has 0 bridgehead atoms. The van der Waals surface area contributed by atoms with Gasteiger partial charge in [0.15, 0.2) is 0 Å². The number of carbonyl (C=O) groups is 1. The number of ether oxygens (including phenoxy) is 1. The summed E-state index contributed by atoms with van der Waals surface area (Å²) >= 11 is 0. The first-order chi connectivity index (χ1) is 7.31. The molecule has 0 N–H and O–H groups in total. The van der Waals surface area contributed by atoms with E-state index in [4.69, 9.17) is 4.74 Å². The van der Waals surface area contributed by atoms with Gasteiger partial charge in [-0.05, 0) is 25.7 Å². The van der Waals surface area contributed by atoms with Crippen LogP contribution in [0.1, 0.15) is 32.6 Å². The van der Waals surface area contributed by atoms with E-state index in [1.165, 1.54) is 6.08 Å². The van der Waals surface area contributed by atoms with E-state index in [9.17, 15) is 4.79 Å². The number of carbonyl (C=O) groups excluding carboxylic acids is 1. The minimum Gasteiger partial charge on any atom is -0.458 e. The highest BCUT2D eigenvalue weighted by molar-refractivity contribution is 5.81. The van der Waals surface area contributed by atoms with Gasteiger partial charge in [0, 0.05) is 6.08 Å². The number of hydrogen-bond acceptors (Lipinski definition) is 2. The standard InChI is InChI=1S/C13H20O2/c1-3-5-6-7-8-9-10-11-13(14)15-12-4-2/h4-6,10-11H,2-3,7-9,12H2,1H3. The van der Waals surface area contributed by atoms with Gasteiger partial charge in [0.25, 0.3) is 0 Å². The van der Waals surface area contributed by atoms with Gasteiger partial charge in [-0.25, -0.2) is 4.79 Å². The molecule has 0 aliphatic heterocycles. The highest BCUT2D eigenvalue weighted by atomic mass is 16.5. The second-order valence-electron chi connectivity index (χ2n) is 3.13. The highest BCUT2D eigenvalue weighted by Crippen LogP contribution is 1.98. The topological polar surface area (TPSA) is 26.3 Å². The van der Waals surface area contributed by atoms with Crippen LogP contribution in [0, 0.1) is 0 Å². The van der Waals surface area contributed by atoms with Crippen molar-refractivity contribution in [2.24, 2.45) is 0 Å². The molecule has 0 aromatic carbocycles. The Hall–Kier alpha value is -1.31. The van der Waals surface area contributed by atoms with Gasteiger partial charge in [-0.15, -0.1) is 0 Å². The second-order valence-corrected chi connectivity index (χ2v) is 3.13. The normalized spacial score (nSPS) is 11.0. The summed E-state index contributed by atoms with van der Waals surface area (Å²) in [6.07, 6.45) is 13.4. The maximum absolute atomic E-state index is 11.0. The minimum absolute atomic E-state index is 0.280. The lowest BCUT2D eigenvalue weighted by Crippen LogP contribution is -1.99. The predicted molar refractivity (Wildman–Crippen MR) is 63.6 cm³/mol. The quantitative estimate of drug-likeness (QED) is 0.264. The van der Waals surface area contributed by atoms with E-state index < -0.39 is 0 Å². The Morgan fingerprint density at radius 3 is 2.67 bits per heavy atom. The van der Waals surface area contributed by atoms with E-state index >= 15 is 0 Å². The molecule has 0 spiro atoms. The molecule has 84 valence electrons. The number of rotatable bonds is 8. The van der Waals surface area contributed by atoms with Crippen LogP contribution in [0.25, 0.3) is 0 Å². The monoisotopic (exact) mass is 208 g/mol. The Labute approximate surface area is 92.3 Å². The summed E-state index contributed by atoms with van der Waals surface area (Å²) in [5.74, 6) is -0.293. The third-order valence-electron chi connectivity index (χ3n) is 1.74. The van der Waals surface area contributed by atoms with Crippen LogP contribution in [0.4, 0.5) is 0 Å². The first-order valence-corrected chi connectivity index (χ1v) is 5.40. The Morgan fingerprint density at radius 1 is 1.27 bits per heavy atom. The van der Waals surface area contributed by atoms with Crippen LogP contribution in [-0.2, 0) is 9.53 Å². The molecule has 2 nitrogen and oxygen atoms in total. The minimum atomic E-state index is -0.293. The van der Waals surface area contributed by atoms with Crippen LogP contribution in [-0.4, -0.2) is 12.6 Å². The molecular weight excluding hydrogens is 188 g/mol. The van der Waals surface area contributed by atoms with Crippen LogP contribution in [0.2, 0.25) is 0 Å². The van der Waals surface area contributed by atoms with Crippen molar-refractivity contribution >= 4 is 5.97 Å². The van der Waals surface area contributed by atoms with Crippen molar-refractivity contribution in [1.29, 1.82) is 0 Å². The van der Waals surface area contributed by atoms with Gasteiger partial charge in [0.1, 0.15) is 6.61 Å². The molecule has 0 amide bonds. The fourth-order valence-electron chi connectivity index (χ4n) is 1.01. The van der Waals surface area contributed by atoms with Crippen molar-refractivity contribution in [3.8, 4) is 0 Å². The Bertz CT molecular complexity index is 227. The molecule has 0 aromatic heterocycles. The van der Waals surface area contributed by atoms with E-state index in [1.54, 1.807) is 6.08 Å². The first kappa shape index (κ1) is 13.7. The summed E-state index contributed by atoms with van der Waals surface area (Å²) in [4.78, 5) is 11.0. The molecule has 0 saturated heterocycles. The number of esters is 1. The van der Waals surface area contributed by atoms with Crippen LogP contribution < -0.4 is 0 Å². The van der Waals surface area contributed by atoms with Crippen molar-refractivity contribution in [3.63, 3.8) is 0 Å². The van der Waals surface area contributed by atoms with Gasteiger partial charge >= 0.3 is 5.97 Å². The average Bonchev–Trinajstić information content (AvgIpc) is 2.25. The zero-order chi connectivity index (χ0) is 11.4. The molecule has 0 aliphatic rings. The van der Waals surface area contributed by atoms with Gasteiger partial charge < -0.3 is 4.74 Å². The Kier molecular flexibility index (Phi) is 9.83. The molecule has 0 radical (unpaired) electrons. The van der Waals surface area contributed by atoms with Crippen molar-refractivity contribution in [3.05, 3.63) is 37.0 Å². The molecule has 2 heteroatoms. The van der Waals surface area contributed by atoms with Crippen molar-refractivity contribution in [2.45, 2.75) is 32.6 Å². The third kappa shape index (κ3) is 10.6. The zero-order valence-corrected chi connectivity index (χ0v) is 9.45. The lowest BCUT2D eigenvalue weighted by atomic mass is 10.2. The summed E-state index contributed by atoms with van der Waals surface area (Å²) in [5, 5.41) is 0. The average molecular weight is 208 g/mol. The fraction of sp³-hybridized carbons (Fsp3) is 0.462. The SMILES string of the molecule is C=CCOC(=O)C=CCCCC=CCC. The highest BCUT2D eigenvalue weighted by Gasteiger charge is 1.92. The largest absolute Gasteiger partial charge is 0.458 e. The molecule has 0 unspecified atom stereocenters. The maximum Gasteiger partial charge on any atom is 0.330 e. The molecule has 0 rings (SSSR count). The molecular formula is C13H20O2. The van der Waals surface area contributed by atoms with Crippen LogP contribution in [0.5, 0.6) is 0 Å². The summed E-state index contributed by atoms with van der Waals surface area (Å²) in [6, 6.07) is 0. The zero-order valence-electron chi connectivity index (χ0n) is 9.45. The van der Waals surface area contributed by atoms with E-state index in [0.29, 0.717) is 0 Å². The van der Waals surface area contributed by atoms with Crippen LogP contribution >= 0.6 is 0 Å². The predicted octanol–water partition coefficient (Wildman–Crippen LogP) is 3.41. The van der Waals surface area contributed by atoms with E-state index in [0.717, 1.165) is 25.7 Å². The van der Waals surface area contributed by atoms with E-state index in [-0.39, 0.29) is 12.6 Å². The molecule has 0 atom stereocenters. The number of hydrogen-bond donors (Lipinski definition) is 0. The van der Waals surface area contributed by atoms with Gasteiger partial charge in [-0.1, -0.05) is 37.8 Å². The van der Waals surface area contributed by atoms with Crippen LogP contribution in [0.3, 0.4) is 0 Å². The molecule has 0 aliphatic carbocycles. The molecule has 0 saturated carbocycles. The Balaban J connectivity index is 3.41. The second kappa shape index (κ2) is 10.8. The number of allylic oxidation sites excluding steroid dienone is 3. The lowest BCUT2D eigenvalue weighted by molar-refractivity contribution is -0.136. The van der Waals surface area contributed by atoms with E-state index in [2.05, 4.69) is 25.7 Å².